The monoisotopic (exact) mass is 484 g/mol. The van der Waals surface area contributed by atoms with E-state index in [-0.39, 0.29) is 6.03 Å². The molecule has 162 valence electrons. The van der Waals surface area contributed by atoms with Crippen molar-refractivity contribution in [2.45, 2.75) is 0 Å². The van der Waals surface area contributed by atoms with Gasteiger partial charge in [0.05, 0.1) is 10.7 Å². The van der Waals surface area contributed by atoms with Gasteiger partial charge in [-0.15, -0.1) is 0 Å². The molecule has 0 spiro atoms. The largest absolute Gasteiger partial charge is 0.352 e. The Kier molecular flexibility index (Phi) is 5.82. The highest BCUT2D eigenvalue weighted by molar-refractivity contribution is 7.14. The molecule has 1 aliphatic rings. The van der Waals surface area contributed by atoms with Gasteiger partial charge >= 0.3 is 6.03 Å². The number of carbonyl (C=O) groups is 1. The number of hydrogen-bond donors (Lipinski definition) is 1. The van der Waals surface area contributed by atoms with Gasteiger partial charge in [-0.2, -0.15) is 4.37 Å². The van der Waals surface area contributed by atoms with Crippen molar-refractivity contribution in [3.63, 3.8) is 0 Å². The van der Waals surface area contributed by atoms with E-state index >= 15 is 0 Å². The van der Waals surface area contributed by atoms with Gasteiger partial charge in [-0.1, -0.05) is 47.5 Å². The Morgan fingerprint density at radius 3 is 2.47 bits per heavy atom. The normalized spacial score (nSPS) is 14.1. The van der Waals surface area contributed by atoms with Crippen LogP contribution in [0.2, 0.25) is 10.0 Å². The van der Waals surface area contributed by atoms with Crippen LogP contribution in [0.4, 0.5) is 16.3 Å². The number of nitrogens with zero attached hydrogens (tertiary/aromatic N) is 5. The Morgan fingerprint density at radius 2 is 1.72 bits per heavy atom. The molecular weight excluding hydrogens is 467 g/mol. The maximum atomic E-state index is 12.7. The van der Waals surface area contributed by atoms with E-state index in [0.29, 0.717) is 41.9 Å². The molecule has 0 saturated carbocycles. The molecule has 2 aromatic heterocycles. The van der Waals surface area contributed by atoms with Crippen LogP contribution in [-0.4, -0.2) is 51.5 Å². The van der Waals surface area contributed by atoms with Gasteiger partial charge in [-0.3, -0.25) is 0 Å². The number of fused-ring (bicyclic) bond motifs is 1. The number of halogens is 2. The minimum atomic E-state index is -0.159. The number of benzene rings is 2. The molecule has 4 aromatic rings. The Hall–Kier alpha value is -2.94. The summed E-state index contributed by atoms with van der Waals surface area (Å²) in [7, 11) is 0. The van der Waals surface area contributed by atoms with Crippen LogP contribution in [0.15, 0.2) is 54.9 Å². The van der Waals surface area contributed by atoms with Crippen molar-refractivity contribution in [2.75, 3.05) is 36.4 Å². The molecule has 1 N–H and O–H groups in total. The Balaban J connectivity index is 1.31. The van der Waals surface area contributed by atoms with Gasteiger partial charge in [0.15, 0.2) is 5.82 Å². The van der Waals surface area contributed by atoms with Crippen molar-refractivity contribution in [1.29, 1.82) is 0 Å². The van der Waals surface area contributed by atoms with Crippen molar-refractivity contribution >= 4 is 62.5 Å². The zero-order chi connectivity index (χ0) is 22.1. The Bertz CT molecular complexity index is 1270. The topological polar surface area (TPSA) is 74.2 Å². The number of amides is 2. The maximum Gasteiger partial charge on any atom is 0.322 e. The molecule has 0 unspecified atom stereocenters. The molecule has 2 aromatic carbocycles. The summed E-state index contributed by atoms with van der Waals surface area (Å²) in [6.45, 7) is 2.47. The van der Waals surface area contributed by atoms with E-state index in [0.717, 1.165) is 27.3 Å². The summed E-state index contributed by atoms with van der Waals surface area (Å²) < 4.78 is 5.57. The van der Waals surface area contributed by atoms with Crippen LogP contribution in [0, 0.1) is 0 Å². The molecule has 5 rings (SSSR count). The third-order valence-electron chi connectivity index (χ3n) is 5.34. The van der Waals surface area contributed by atoms with E-state index in [1.807, 2.05) is 36.4 Å². The van der Waals surface area contributed by atoms with Crippen LogP contribution < -0.4 is 10.2 Å². The van der Waals surface area contributed by atoms with Gasteiger partial charge in [0, 0.05) is 36.8 Å². The molecule has 3 heterocycles. The van der Waals surface area contributed by atoms with Crippen LogP contribution in [0.25, 0.3) is 21.5 Å². The maximum absolute atomic E-state index is 12.7. The Morgan fingerprint density at radius 1 is 0.969 bits per heavy atom. The zero-order valence-corrected chi connectivity index (χ0v) is 19.2. The first kappa shape index (κ1) is 20.9. The first-order chi connectivity index (χ1) is 15.6. The number of urea groups is 1. The fourth-order valence-electron chi connectivity index (χ4n) is 3.65. The standard InChI is InChI=1S/C22H18Cl2N6OS/c23-15-7-5-14(6-8-15)18-19-20(32-28-18)21(26-13-25-19)29-9-11-30(12-10-29)22(31)27-17-4-2-1-3-16(17)24/h1-8,13H,9-12H2,(H,27,31). The summed E-state index contributed by atoms with van der Waals surface area (Å²) in [5.74, 6) is 0.846. The smallest absolute Gasteiger partial charge is 0.322 e. The van der Waals surface area contributed by atoms with Gasteiger partial charge in [-0.25, -0.2) is 14.8 Å². The van der Waals surface area contributed by atoms with E-state index in [4.69, 9.17) is 23.2 Å². The molecule has 1 fully saturated rings. The minimum Gasteiger partial charge on any atom is -0.352 e. The fraction of sp³-hybridized carbons (Fsp3) is 0.182. The second kappa shape index (κ2) is 8.90. The molecule has 2 amide bonds. The van der Waals surface area contributed by atoms with E-state index in [2.05, 4.69) is 24.6 Å². The van der Waals surface area contributed by atoms with Gasteiger partial charge in [0.25, 0.3) is 0 Å². The van der Waals surface area contributed by atoms with Gasteiger partial charge < -0.3 is 15.1 Å². The summed E-state index contributed by atoms with van der Waals surface area (Å²) in [5.41, 5.74) is 3.22. The number of anilines is 2. The predicted octanol–water partition coefficient (Wildman–Crippen LogP) is 5.41. The average Bonchev–Trinajstić information content (AvgIpc) is 3.25. The zero-order valence-electron chi connectivity index (χ0n) is 16.8. The molecular formula is C22H18Cl2N6OS. The van der Waals surface area contributed by atoms with E-state index in [1.165, 1.54) is 11.5 Å². The lowest BCUT2D eigenvalue weighted by molar-refractivity contribution is 0.208. The lowest BCUT2D eigenvalue weighted by Crippen LogP contribution is -2.50. The Labute approximate surface area is 198 Å². The summed E-state index contributed by atoms with van der Waals surface area (Å²) in [5, 5.41) is 4.08. The molecule has 0 aliphatic carbocycles. The van der Waals surface area contributed by atoms with Crippen LogP contribution in [0.3, 0.4) is 0 Å². The molecule has 32 heavy (non-hydrogen) atoms. The van der Waals surface area contributed by atoms with Crippen LogP contribution in [0.5, 0.6) is 0 Å². The molecule has 7 nitrogen and oxygen atoms in total. The van der Waals surface area contributed by atoms with E-state index < -0.39 is 0 Å². The summed E-state index contributed by atoms with van der Waals surface area (Å²) >= 11 is 13.6. The SMILES string of the molecule is O=C(Nc1ccccc1Cl)N1CCN(c2ncnc3c(-c4ccc(Cl)cc4)nsc23)CC1. The third-order valence-corrected chi connectivity index (χ3v) is 6.75. The molecule has 0 atom stereocenters. The number of nitrogens with one attached hydrogen (secondary N) is 1. The summed E-state index contributed by atoms with van der Waals surface area (Å²) in [6, 6.07) is 14.6. The number of rotatable bonds is 3. The lowest BCUT2D eigenvalue weighted by atomic mass is 10.1. The molecule has 1 aliphatic heterocycles. The fourth-order valence-corrected chi connectivity index (χ4v) is 4.84. The van der Waals surface area contributed by atoms with Crippen molar-refractivity contribution in [1.82, 2.24) is 19.2 Å². The second-order valence-electron chi connectivity index (χ2n) is 7.30. The molecule has 0 radical (unpaired) electrons. The van der Waals surface area contributed by atoms with Gasteiger partial charge in [-0.05, 0) is 35.8 Å². The first-order valence-electron chi connectivity index (χ1n) is 10.0. The number of aromatic nitrogens is 3. The molecule has 0 bridgehead atoms. The number of piperazine rings is 1. The number of hydrogen-bond acceptors (Lipinski definition) is 6. The highest BCUT2D eigenvalue weighted by Gasteiger charge is 2.25. The minimum absolute atomic E-state index is 0.159. The first-order valence-corrected chi connectivity index (χ1v) is 11.5. The predicted molar refractivity (Wildman–Crippen MR) is 130 cm³/mol. The van der Waals surface area contributed by atoms with Crippen molar-refractivity contribution in [3.05, 3.63) is 64.9 Å². The summed E-state index contributed by atoms with van der Waals surface area (Å²) in [6.07, 6.45) is 1.57. The van der Waals surface area contributed by atoms with Crippen molar-refractivity contribution in [2.24, 2.45) is 0 Å². The van der Waals surface area contributed by atoms with Gasteiger partial charge in [0.1, 0.15) is 22.2 Å². The highest BCUT2D eigenvalue weighted by atomic mass is 35.5. The average molecular weight is 485 g/mol. The third kappa shape index (κ3) is 4.09. The molecule has 1 saturated heterocycles. The number of carbonyl (C=O) groups excluding carboxylic acids is 1. The van der Waals surface area contributed by atoms with E-state index in [9.17, 15) is 4.79 Å². The van der Waals surface area contributed by atoms with Crippen LogP contribution in [0.1, 0.15) is 0 Å². The summed E-state index contributed by atoms with van der Waals surface area (Å²) in [4.78, 5) is 25.6. The van der Waals surface area contributed by atoms with Crippen molar-refractivity contribution in [3.8, 4) is 11.3 Å². The van der Waals surface area contributed by atoms with Crippen LogP contribution >= 0.6 is 34.7 Å². The van der Waals surface area contributed by atoms with Crippen LogP contribution in [-0.2, 0) is 0 Å². The molecule has 10 heteroatoms. The lowest BCUT2D eigenvalue weighted by Gasteiger charge is -2.35. The van der Waals surface area contributed by atoms with E-state index in [1.54, 1.807) is 23.4 Å². The van der Waals surface area contributed by atoms with Crippen molar-refractivity contribution < 1.29 is 4.79 Å². The second-order valence-corrected chi connectivity index (χ2v) is 8.91. The quantitative estimate of drug-likeness (QED) is 0.420. The highest BCUT2D eigenvalue weighted by Crippen LogP contribution is 2.35. The number of para-hydroxylation sites is 1. The van der Waals surface area contributed by atoms with Gasteiger partial charge in [0.2, 0.25) is 0 Å².